The predicted molar refractivity (Wildman–Crippen MR) is 65.3 cm³/mol. The van der Waals surface area contributed by atoms with E-state index in [2.05, 4.69) is 24.5 Å². The molecule has 1 N–H and O–H groups in total. The van der Waals surface area contributed by atoms with E-state index in [1.165, 1.54) is 24.8 Å². The van der Waals surface area contributed by atoms with Crippen molar-refractivity contribution in [3.63, 3.8) is 0 Å². The molecule has 0 heterocycles. The first-order valence-corrected chi connectivity index (χ1v) is 6.08. The van der Waals surface area contributed by atoms with Crippen LogP contribution in [0.1, 0.15) is 24.8 Å². The van der Waals surface area contributed by atoms with Crippen LogP contribution in [0.4, 0.5) is 0 Å². The van der Waals surface area contributed by atoms with E-state index in [1.54, 1.807) is 0 Å². The molecule has 2 heteroatoms. The summed E-state index contributed by atoms with van der Waals surface area (Å²) in [6.07, 6.45) is 5.07. The summed E-state index contributed by atoms with van der Waals surface area (Å²) in [4.78, 5) is 0. The summed E-state index contributed by atoms with van der Waals surface area (Å²) >= 11 is 6.16. The van der Waals surface area contributed by atoms with Crippen molar-refractivity contribution in [3.05, 3.63) is 34.9 Å². The Morgan fingerprint density at radius 2 is 2.13 bits per heavy atom. The Balaban J connectivity index is 1.96. The van der Waals surface area contributed by atoms with Gasteiger partial charge in [0.15, 0.2) is 0 Å². The Morgan fingerprint density at radius 3 is 2.80 bits per heavy atom. The summed E-state index contributed by atoms with van der Waals surface area (Å²) < 4.78 is 0. The average molecular weight is 224 g/mol. The molecule has 0 saturated heterocycles. The molecule has 1 aromatic rings. The number of rotatable bonds is 3. The summed E-state index contributed by atoms with van der Waals surface area (Å²) in [5, 5.41) is 4.28. The number of hydrogen-bond donors (Lipinski definition) is 1. The number of halogens is 1. The standard InChI is InChI=1S/C13H18ClN/c1-15-12-7-6-10(9-12)8-11-4-2-3-5-13(11)14/h2-5,10,12,15H,6-9H2,1H3. The van der Waals surface area contributed by atoms with Gasteiger partial charge < -0.3 is 5.32 Å². The van der Waals surface area contributed by atoms with E-state index in [1.807, 2.05) is 12.1 Å². The van der Waals surface area contributed by atoms with E-state index in [9.17, 15) is 0 Å². The van der Waals surface area contributed by atoms with Gasteiger partial charge in [-0.1, -0.05) is 29.8 Å². The van der Waals surface area contributed by atoms with Gasteiger partial charge in [-0.15, -0.1) is 0 Å². The molecular weight excluding hydrogens is 206 g/mol. The Labute approximate surface area is 96.8 Å². The molecule has 2 atom stereocenters. The fourth-order valence-corrected chi connectivity index (χ4v) is 2.71. The Hall–Kier alpha value is -0.530. The molecule has 2 unspecified atom stereocenters. The first-order valence-electron chi connectivity index (χ1n) is 5.70. The van der Waals surface area contributed by atoms with E-state index in [0.717, 1.165) is 23.4 Å². The van der Waals surface area contributed by atoms with Crippen LogP contribution in [0.3, 0.4) is 0 Å². The quantitative estimate of drug-likeness (QED) is 0.830. The molecule has 1 aliphatic rings. The lowest BCUT2D eigenvalue weighted by Crippen LogP contribution is -2.21. The van der Waals surface area contributed by atoms with Crippen molar-refractivity contribution < 1.29 is 0 Å². The van der Waals surface area contributed by atoms with Crippen molar-refractivity contribution in [2.24, 2.45) is 5.92 Å². The van der Waals surface area contributed by atoms with Crippen molar-refractivity contribution in [2.75, 3.05) is 7.05 Å². The van der Waals surface area contributed by atoms with Gasteiger partial charge in [0.1, 0.15) is 0 Å². The average Bonchev–Trinajstić information content (AvgIpc) is 2.69. The fraction of sp³-hybridized carbons (Fsp3) is 0.538. The highest BCUT2D eigenvalue weighted by molar-refractivity contribution is 6.31. The Kier molecular flexibility index (Phi) is 3.66. The van der Waals surface area contributed by atoms with Crippen LogP contribution in [0.25, 0.3) is 0 Å². The van der Waals surface area contributed by atoms with Crippen molar-refractivity contribution >= 4 is 11.6 Å². The van der Waals surface area contributed by atoms with Crippen molar-refractivity contribution in [1.29, 1.82) is 0 Å². The summed E-state index contributed by atoms with van der Waals surface area (Å²) in [7, 11) is 2.06. The van der Waals surface area contributed by atoms with Gasteiger partial charge in [-0.3, -0.25) is 0 Å². The number of benzene rings is 1. The molecule has 1 saturated carbocycles. The van der Waals surface area contributed by atoms with Gasteiger partial charge in [-0.25, -0.2) is 0 Å². The third kappa shape index (κ3) is 2.73. The lowest BCUT2D eigenvalue weighted by Gasteiger charge is -2.11. The van der Waals surface area contributed by atoms with Crippen molar-refractivity contribution in [2.45, 2.75) is 31.7 Å². The summed E-state index contributed by atoms with van der Waals surface area (Å²) in [6, 6.07) is 8.93. The molecule has 0 aromatic heterocycles. The predicted octanol–water partition coefficient (Wildman–Crippen LogP) is 3.27. The molecule has 1 aliphatic carbocycles. The lowest BCUT2D eigenvalue weighted by molar-refractivity contribution is 0.510. The number of nitrogens with one attached hydrogen (secondary N) is 1. The first-order chi connectivity index (χ1) is 7.29. The molecule has 0 amide bonds. The maximum Gasteiger partial charge on any atom is 0.0438 e. The normalized spacial score (nSPS) is 25.7. The highest BCUT2D eigenvalue weighted by Gasteiger charge is 2.23. The second kappa shape index (κ2) is 5.00. The number of hydrogen-bond acceptors (Lipinski definition) is 1. The molecule has 0 bridgehead atoms. The highest BCUT2D eigenvalue weighted by Crippen LogP contribution is 2.30. The second-order valence-corrected chi connectivity index (χ2v) is 4.87. The minimum atomic E-state index is 0.720. The molecule has 82 valence electrons. The van der Waals surface area contributed by atoms with Gasteiger partial charge in [-0.2, -0.15) is 0 Å². The molecule has 0 spiro atoms. The molecule has 2 rings (SSSR count). The van der Waals surface area contributed by atoms with Gasteiger partial charge in [0, 0.05) is 11.1 Å². The third-order valence-electron chi connectivity index (χ3n) is 3.42. The van der Waals surface area contributed by atoms with Gasteiger partial charge in [0.2, 0.25) is 0 Å². The van der Waals surface area contributed by atoms with Gasteiger partial charge in [-0.05, 0) is 50.3 Å². The zero-order chi connectivity index (χ0) is 10.7. The van der Waals surface area contributed by atoms with Crippen LogP contribution in [0.5, 0.6) is 0 Å². The largest absolute Gasteiger partial charge is 0.317 e. The maximum atomic E-state index is 6.16. The molecular formula is C13H18ClN. The second-order valence-electron chi connectivity index (χ2n) is 4.46. The van der Waals surface area contributed by atoms with E-state index in [0.29, 0.717) is 0 Å². The minimum Gasteiger partial charge on any atom is -0.317 e. The van der Waals surface area contributed by atoms with Crippen molar-refractivity contribution in [1.82, 2.24) is 5.32 Å². The monoisotopic (exact) mass is 223 g/mol. The smallest absolute Gasteiger partial charge is 0.0438 e. The van der Waals surface area contributed by atoms with Gasteiger partial charge >= 0.3 is 0 Å². The van der Waals surface area contributed by atoms with Crippen molar-refractivity contribution in [3.8, 4) is 0 Å². The zero-order valence-electron chi connectivity index (χ0n) is 9.17. The first kappa shape index (κ1) is 11.0. The summed E-state index contributed by atoms with van der Waals surface area (Å²) in [5.74, 6) is 0.808. The lowest BCUT2D eigenvalue weighted by atomic mass is 9.98. The van der Waals surface area contributed by atoms with Crippen LogP contribution in [0.15, 0.2) is 24.3 Å². The van der Waals surface area contributed by atoms with E-state index in [4.69, 9.17) is 11.6 Å². The SMILES string of the molecule is CNC1CCC(Cc2ccccc2Cl)C1. The topological polar surface area (TPSA) is 12.0 Å². The molecule has 15 heavy (non-hydrogen) atoms. The van der Waals surface area contributed by atoms with Crippen LogP contribution in [-0.4, -0.2) is 13.1 Å². The zero-order valence-corrected chi connectivity index (χ0v) is 9.93. The Morgan fingerprint density at radius 1 is 1.33 bits per heavy atom. The molecule has 1 nitrogen and oxygen atoms in total. The van der Waals surface area contributed by atoms with E-state index >= 15 is 0 Å². The highest BCUT2D eigenvalue weighted by atomic mass is 35.5. The summed E-state index contributed by atoms with van der Waals surface area (Å²) in [5.41, 5.74) is 1.31. The molecule has 1 aromatic carbocycles. The molecule has 0 radical (unpaired) electrons. The van der Waals surface area contributed by atoms with Crippen LogP contribution in [0.2, 0.25) is 5.02 Å². The fourth-order valence-electron chi connectivity index (χ4n) is 2.50. The maximum absolute atomic E-state index is 6.16. The van der Waals surface area contributed by atoms with Gasteiger partial charge in [0.05, 0.1) is 0 Å². The van der Waals surface area contributed by atoms with Crippen LogP contribution >= 0.6 is 11.6 Å². The van der Waals surface area contributed by atoms with Crippen LogP contribution in [0, 0.1) is 5.92 Å². The van der Waals surface area contributed by atoms with Crippen LogP contribution < -0.4 is 5.32 Å². The van der Waals surface area contributed by atoms with Crippen LogP contribution in [-0.2, 0) is 6.42 Å². The third-order valence-corrected chi connectivity index (χ3v) is 3.78. The molecule has 0 aliphatic heterocycles. The molecule has 1 fully saturated rings. The van der Waals surface area contributed by atoms with E-state index < -0.39 is 0 Å². The van der Waals surface area contributed by atoms with Gasteiger partial charge in [0.25, 0.3) is 0 Å². The minimum absolute atomic E-state index is 0.720. The van der Waals surface area contributed by atoms with E-state index in [-0.39, 0.29) is 0 Å². The summed E-state index contributed by atoms with van der Waals surface area (Å²) in [6.45, 7) is 0. The Bertz CT molecular complexity index is 324.